The van der Waals surface area contributed by atoms with Gasteiger partial charge in [-0.3, -0.25) is 9.59 Å². The van der Waals surface area contributed by atoms with Gasteiger partial charge in [-0.15, -0.1) is 0 Å². The van der Waals surface area contributed by atoms with E-state index >= 15 is 4.39 Å². The van der Waals surface area contributed by atoms with E-state index in [1.807, 2.05) is 0 Å². The lowest BCUT2D eigenvalue weighted by atomic mass is 9.30. The molecule has 1 aromatic carbocycles. The molecule has 0 N–H and O–H groups in total. The van der Waals surface area contributed by atoms with Gasteiger partial charge >= 0.3 is 5.97 Å². The van der Waals surface area contributed by atoms with Crippen molar-refractivity contribution in [2.45, 2.75) is 125 Å². The Morgan fingerprint density at radius 1 is 0.905 bits per heavy atom. The number of aryl methyl sites for hydroxylation is 1. The van der Waals surface area contributed by atoms with Crippen LogP contribution >= 0.6 is 0 Å². The lowest BCUT2D eigenvalue weighted by Crippen LogP contribution is -2.75. The fraction of sp³-hybridized carbons (Fsp3) is 0.737. The minimum atomic E-state index is -1.19. The summed E-state index contributed by atoms with van der Waals surface area (Å²) in [7, 11) is 0. The van der Waals surface area contributed by atoms with E-state index < -0.39 is 28.0 Å². The minimum Gasteiger partial charge on any atom is -0.455 e. The third-order valence-electron chi connectivity index (χ3n) is 15.0. The number of carbonyl (C=O) groups is 2. The van der Waals surface area contributed by atoms with E-state index in [-0.39, 0.29) is 45.8 Å². The van der Waals surface area contributed by atoms with Crippen LogP contribution in [0.1, 0.15) is 117 Å². The molecule has 6 fully saturated rings. The van der Waals surface area contributed by atoms with E-state index in [0.717, 1.165) is 56.1 Å². The molecule has 0 amide bonds. The SMILES string of the molecule is Cc1cccc(/C=C2\C[C@]3(C)[C@H]4C[C@@H](F)[C@]56OC(=O)[C@@]7(CCC(C)(C)C[C@H]75)CC[C@@]6(C)[C@]4(C)CC[C@H]3C(C)(C)C2=O)c1. The fourth-order valence-corrected chi connectivity index (χ4v) is 12.7. The average Bonchev–Trinajstić information content (AvgIpc) is 3.08. The number of carbonyl (C=O) groups excluding carboxylic acids is 2. The molecule has 3 nitrogen and oxygen atoms in total. The van der Waals surface area contributed by atoms with Gasteiger partial charge in [0.25, 0.3) is 0 Å². The zero-order chi connectivity index (χ0) is 30.3. The fourth-order valence-electron chi connectivity index (χ4n) is 12.7. The lowest BCUT2D eigenvalue weighted by molar-refractivity contribution is -0.299. The van der Waals surface area contributed by atoms with Crippen LogP contribution in [0.15, 0.2) is 29.8 Å². The van der Waals surface area contributed by atoms with Crippen LogP contribution in [-0.4, -0.2) is 23.5 Å². The monoisotopic (exact) mass is 574 g/mol. The number of halogens is 1. The highest BCUT2D eigenvalue weighted by Gasteiger charge is 2.84. The van der Waals surface area contributed by atoms with Gasteiger partial charge in [-0.2, -0.15) is 0 Å². The molecule has 7 rings (SSSR count). The molecule has 42 heavy (non-hydrogen) atoms. The van der Waals surface area contributed by atoms with Crippen molar-refractivity contribution >= 4 is 17.8 Å². The Bertz CT molecular complexity index is 1410. The number of Topliss-reactive ketones (excluding diaryl/α,β-unsaturated/α-hetero) is 1. The smallest absolute Gasteiger partial charge is 0.313 e. The predicted molar refractivity (Wildman–Crippen MR) is 164 cm³/mol. The maximum absolute atomic E-state index is 17.5. The number of fused-ring (bicyclic) bond motifs is 4. The van der Waals surface area contributed by atoms with E-state index in [1.54, 1.807) is 0 Å². The minimum absolute atomic E-state index is 0.0561. The highest BCUT2D eigenvalue weighted by atomic mass is 19.1. The molecule has 228 valence electrons. The van der Waals surface area contributed by atoms with Crippen molar-refractivity contribution in [3.05, 3.63) is 41.0 Å². The number of rotatable bonds is 1. The summed E-state index contributed by atoms with van der Waals surface area (Å²) in [5.74, 6) is 0.383. The second-order valence-electron chi connectivity index (χ2n) is 17.7. The average molecular weight is 575 g/mol. The van der Waals surface area contributed by atoms with Gasteiger partial charge in [-0.1, -0.05) is 78.3 Å². The molecule has 0 aromatic heterocycles. The van der Waals surface area contributed by atoms with Crippen molar-refractivity contribution in [3.63, 3.8) is 0 Å². The van der Waals surface area contributed by atoms with Crippen LogP contribution < -0.4 is 0 Å². The lowest BCUT2D eigenvalue weighted by Gasteiger charge is -2.74. The van der Waals surface area contributed by atoms with Crippen molar-refractivity contribution in [3.8, 4) is 0 Å². The third-order valence-corrected chi connectivity index (χ3v) is 15.0. The van der Waals surface area contributed by atoms with Crippen LogP contribution in [0.4, 0.5) is 4.39 Å². The van der Waals surface area contributed by atoms with Crippen LogP contribution in [0.3, 0.4) is 0 Å². The van der Waals surface area contributed by atoms with Crippen LogP contribution in [0.2, 0.25) is 0 Å². The third kappa shape index (κ3) is 3.23. The predicted octanol–water partition coefficient (Wildman–Crippen LogP) is 9.07. The Morgan fingerprint density at radius 3 is 2.33 bits per heavy atom. The van der Waals surface area contributed by atoms with Crippen LogP contribution in [-0.2, 0) is 14.3 Å². The molecule has 0 unspecified atom stereocenters. The summed E-state index contributed by atoms with van der Waals surface area (Å²) in [6.07, 6.45) is 8.30. The highest BCUT2D eigenvalue weighted by Crippen LogP contribution is 2.81. The van der Waals surface area contributed by atoms with Crippen molar-refractivity contribution < 1.29 is 18.7 Å². The zero-order valence-corrected chi connectivity index (χ0v) is 27.2. The zero-order valence-electron chi connectivity index (χ0n) is 27.2. The number of hydrogen-bond acceptors (Lipinski definition) is 3. The van der Waals surface area contributed by atoms with Gasteiger partial charge in [0.05, 0.1) is 5.41 Å². The van der Waals surface area contributed by atoms with Gasteiger partial charge in [-0.05, 0) is 110 Å². The Kier molecular flexibility index (Phi) is 5.75. The highest BCUT2D eigenvalue weighted by molar-refractivity contribution is 6.04. The van der Waals surface area contributed by atoms with Gasteiger partial charge in [0.15, 0.2) is 11.4 Å². The molecular weight excluding hydrogens is 523 g/mol. The second-order valence-corrected chi connectivity index (χ2v) is 17.7. The number of benzene rings is 1. The van der Waals surface area contributed by atoms with Gasteiger partial charge < -0.3 is 4.74 Å². The largest absolute Gasteiger partial charge is 0.455 e. The molecule has 2 bridgehead atoms. The topological polar surface area (TPSA) is 43.4 Å². The van der Waals surface area contributed by atoms with Gasteiger partial charge in [0.2, 0.25) is 0 Å². The van der Waals surface area contributed by atoms with Crippen LogP contribution in [0.25, 0.3) is 6.08 Å². The molecule has 1 aliphatic heterocycles. The van der Waals surface area contributed by atoms with Crippen molar-refractivity contribution in [1.29, 1.82) is 0 Å². The molecule has 6 aliphatic rings. The first kappa shape index (κ1) is 28.8. The first-order chi connectivity index (χ1) is 19.5. The van der Waals surface area contributed by atoms with Crippen molar-refractivity contribution in [2.24, 2.45) is 50.2 Å². The summed E-state index contributed by atoms with van der Waals surface area (Å²) in [5.41, 5.74) is 0.280. The first-order valence-electron chi connectivity index (χ1n) is 16.7. The van der Waals surface area contributed by atoms with Gasteiger partial charge in [0.1, 0.15) is 6.17 Å². The molecule has 5 saturated carbocycles. The Hall–Kier alpha value is -1.97. The molecule has 1 aromatic rings. The van der Waals surface area contributed by atoms with Gasteiger partial charge in [-0.25, -0.2) is 4.39 Å². The number of ketones is 1. The normalized spacial score (nSPS) is 49.4. The summed E-state index contributed by atoms with van der Waals surface area (Å²) in [5, 5.41) is 0. The summed E-state index contributed by atoms with van der Waals surface area (Å²) >= 11 is 0. The number of allylic oxidation sites excluding steroid dienone is 1. The summed E-state index contributed by atoms with van der Waals surface area (Å²) < 4.78 is 24.1. The Morgan fingerprint density at radius 2 is 1.62 bits per heavy atom. The molecular formula is C38H51FO3. The molecule has 1 spiro atoms. The summed E-state index contributed by atoms with van der Waals surface area (Å²) in [6.45, 7) is 18.1. The van der Waals surface area contributed by atoms with Crippen LogP contribution in [0, 0.1) is 57.2 Å². The molecule has 0 radical (unpaired) electrons. The van der Waals surface area contributed by atoms with E-state index in [9.17, 15) is 9.59 Å². The maximum Gasteiger partial charge on any atom is 0.313 e. The number of alkyl halides is 1. The van der Waals surface area contributed by atoms with E-state index in [0.29, 0.717) is 12.8 Å². The quantitative estimate of drug-likeness (QED) is 0.248. The number of ether oxygens (including phenoxy) is 1. The summed E-state index contributed by atoms with van der Waals surface area (Å²) in [6, 6.07) is 8.36. The Balaban J connectivity index is 1.35. The van der Waals surface area contributed by atoms with E-state index in [2.05, 4.69) is 85.7 Å². The van der Waals surface area contributed by atoms with Gasteiger partial charge in [0, 0.05) is 16.7 Å². The molecule has 5 aliphatic carbocycles. The molecule has 4 heteroatoms. The molecule has 1 heterocycles. The molecule has 9 atom stereocenters. The first-order valence-corrected chi connectivity index (χ1v) is 16.7. The van der Waals surface area contributed by atoms with E-state index in [4.69, 9.17) is 4.74 Å². The van der Waals surface area contributed by atoms with Crippen molar-refractivity contribution in [1.82, 2.24) is 0 Å². The second kappa shape index (κ2) is 8.39. The van der Waals surface area contributed by atoms with Crippen LogP contribution in [0.5, 0.6) is 0 Å². The standard InChI is InChI=1S/C38H51FO3/c1-23-10-9-11-24(18-23)19-25-21-34(6)26(33(4,5)30(25)40)12-13-35(7)27(34)20-29(39)38-28-22-32(2,3)14-16-37(28,31(41)42-38)17-15-36(35,38)8/h9-11,18-19,26-29H,12-17,20-22H2,1-8H3/b25-19+/t26-,27+,28+,29+,34-,35+,36-,37-,38+/m0/s1. The van der Waals surface area contributed by atoms with E-state index in [1.165, 1.54) is 5.56 Å². The maximum atomic E-state index is 17.5. The Labute approximate surface area is 252 Å². The number of esters is 1. The van der Waals surface area contributed by atoms with Crippen molar-refractivity contribution in [2.75, 3.05) is 0 Å². The summed E-state index contributed by atoms with van der Waals surface area (Å²) in [4.78, 5) is 27.9. The molecule has 1 saturated heterocycles. The number of hydrogen-bond donors (Lipinski definition) is 0.